The molecule has 0 saturated carbocycles. The maximum absolute atomic E-state index is 12.4. The molecule has 2 aromatic rings. The Morgan fingerprint density at radius 3 is 2.53 bits per heavy atom. The summed E-state index contributed by atoms with van der Waals surface area (Å²) in [6.07, 6.45) is 0. The van der Waals surface area contributed by atoms with E-state index in [9.17, 15) is 4.79 Å². The lowest BCUT2D eigenvalue weighted by molar-refractivity contribution is 0.103. The van der Waals surface area contributed by atoms with Gasteiger partial charge in [-0.2, -0.15) is 0 Å². The molecular formula is C13H12BrNOS. The fourth-order valence-electron chi connectivity index (χ4n) is 1.70. The highest BCUT2D eigenvalue weighted by Gasteiger charge is 2.16. The van der Waals surface area contributed by atoms with Crippen LogP contribution >= 0.6 is 27.3 Å². The van der Waals surface area contributed by atoms with Gasteiger partial charge in [-0.25, -0.2) is 0 Å². The van der Waals surface area contributed by atoms with E-state index in [0.29, 0.717) is 11.3 Å². The summed E-state index contributed by atoms with van der Waals surface area (Å²) in [7, 11) is 0. The van der Waals surface area contributed by atoms with E-state index < -0.39 is 0 Å². The van der Waals surface area contributed by atoms with E-state index >= 15 is 0 Å². The molecule has 2 nitrogen and oxygen atoms in total. The molecule has 2 N–H and O–H groups in total. The number of halogens is 1. The smallest absolute Gasteiger partial charge is 0.194 e. The van der Waals surface area contributed by atoms with Gasteiger partial charge in [-0.1, -0.05) is 6.07 Å². The maximum atomic E-state index is 12.4. The van der Waals surface area contributed by atoms with Gasteiger partial charge in [0.15, 0.2) is 5.78 Å². The zero-order valence-electron chi connectivity index (χ0n) is 9.58. The average Bonchev–Trinajstić information content (AvgIpc) is 2.60. The molecule has 0 atom stereocenters. The molecule has 1 heterocycles. The van der Waals surface area contributed by atoms with Crippen molar-refractivity contribution in [3.63, 3.8) is 0 Å². The van der Waals surface area contributed by atoms with Gasteiger partial charge in [0.05, 0.1) is 3.79 Å². The van der Waals surface area contributed by atoms with Crippen molar-refractivity contribution in [2.45, 2.75) is 13.8 Å². The van der Waals surface area contributed by atoms with Crippen LogP contribution in [0.25, 0.3) is 0 Å². The Labute approximate surface area is 113 Å². The molecule has 1 aromatic heterocycles. The first-order valence-electron chi connectivity index (χ1n) is 5.16. The molecule has 0 fully saturated rings. The van der Waals surface area contributed by atoms with Crippen LogP contribution in [0, 0.1) is 13.8 Å². The monoisotopic (exact) mass is 309 g/mol. The number of carbonyl (C=O) groups is 1. The van der Waals surface area contributed by atoms with Crippen LogP contribution in [0.3, 0.4) is 0 Å². The highest BCUT2D eigenvalue weighted by molar-refractivity contribution is 9.11. The Kier molecular flexibility index (Phi) is 3.35. The minimum absolute atomic E-state index is 0.0363. The quantitative estimate of drug-likeness (QED) is 0.674. The summed E-state index contributed by atoms with van der Waals surface area (Å²) in [5, 5.41) is 0. The number of nitrogen functional groups attached to an aromatic ring is 1. The number of ketones is 1. The number of aryl methyl sites for hydroxylation is 2. The van der Waals surface area contributed by atoms with Crippen LogP contribution in [0.4, 0.5) is 5.69 Å². The highest BCUT2D eigenvalue weighted by Crippen LogP contribution is 2.29. The Hall–Kier alpha value is -1.13. The van der Waals surface area contributed by atoms with Gasteiger partial charge in [0.1, 0.15) is 0 Å². The van der Waals surface area contributed by atoms with Crippen LogP contribution in [0.5, 0.6) is 0 Å². The van der Waals surface area contributed by atoms with Crippen molar-refractivity contribution in [3.8, 4) is 0 Å². The molecule has 0 unspecified atom stereocenters. The Morgan fingerprint density at radius 1 is 1.24 bits per heavy atom. The lowest BCUT2D eigenvalue weighted by Crippen LogP contribution is -2.04. The topological polar surface area (TPSA) is 43.1 Å². The minimum atomic E-state index is 0.0363. The number of hydrogen-bond acceptors (Lipinski definition) is 3. The summed E-state index contributed by atoms with van der Waals surface area (Å²) in [6.45, 7) is 3.87. The zero-order chi connectivity index (χ0) is 12.6. The summed E-state index contributed by atoms with van der Waals surface area (Å²) in [6, 6.07) is 7.29. The van der Waals surface area contributed by atoms with Crippen LogP contribution in [-0.4, -0.2) is 5.78 Å². The van der Waals surface area contributed by atoms with Crippen LogP contribution in [-0.2, 0) is 0 Å². The van der Waals surface area contributed by atoms with Gasteiger partial charge >= 0.3 is 0 Å². The predicted molar refractivity (Wildman–Crippen MR) is 75.8 cm³/mol. The molecule has 0 amide bonds. The van der Waals surface area contributed by atoms with E-state index in [2.05, 4.69) is 15.9 Å². The minimum Gasteiger partial charge on any atom is -0.399 e. The molecular weight excluding hydrogens is 298 g/mol. The normalized spacial score (nSPS) is 10.5. The van der Waals surface area contributed by atoms with Crippen LogP contribution in [0.1, 0.15) is 26.4 Å². The fourth-order valence-corrected chi connectivity index (χ4v) is 3.39. The van der Waals surface area contributed by atoms with Gasteiger partial charge in [-0.3, -0.25) is 4.79 Å². The zero-order valence-corrected chi connectivity index (χ0v) is 12.0. The van der Waals surface area contributed by atoms with Crippen LogP contribution in [0.2, 0.25) is 0 Å². The third-order valence-electron chi connectivity index (χ3n) is 2.64. The molecule has 1 aromatic carbocycles. The van der Waals surface area contributed by atoms with Crippen molar-refractivity contribution in [2.75, 3.05) is 5.73 Å². The van der Waals surface area contributed by atoms with E-state index in [1.165, 1.54) is 0 Å². The van der Waals surface area contributed by atoms with Gasteiger partial charge in [-0.05, 0) is 53.5 Å². The van der Waals surface area contributed by atoms with Crippen LogP contribution in [0.15, 0.2) is 28.1 Å². The molecule has 0 spiro atoms. The van der Waals surface area contributed by atoms with Crippen molar-refractivity contribution in [1.29, 1.82) is 0 Å². The van der Waals surface area contributed by atoms with E-state index in [0.717, 1.165) is 19.8 Å². The Morgan fingerprint density at radius 2 is 1.94 bits per heavy atom. The number of anilines is 1. The number of rotatable bonds is 2. The summed E-state index contributed by atoms with van der Waals surface area (Å²) in [4.78, 5) is 13.4. The van der Waals surface area contributed by atoms with Crippen molar-refractivity contribution in [1.82, 2.24) is 0 Å². The van der Waals surface area contributed by atoms with Gasteiger partial charge in [0.2, 0.25) is 0 Å². The van der Waals surface area contributed by atoms with Crippen LogP contribution < -0.4 is 5.73 Å². The number of hydrogen-bond donors (Lipinski definition) is 1. The molecule has 0 saturated heterocycles. The number of carbonyl (C=O) groups excluding carboxylic acids is 1. The molecule has 0 aliphatic rings. The molecule has 4 heteroatoms. The van der Waals surface area contributed by atoms with Crippen molar-refractivity contribution >= 4 is 38.7 Å². The second-order valence-electron chi connectivity index (χ2n) is 3.92. The number of thiophene rings is 1. The van der Waals surface area contributed by atoms with Gasteiger partial charge < -0.3 is 5.73 Å². The molecule has 88 valence electrons. The molecule has 2 rings (SSSR count). The second kappa shape index (κ2) is 4.63. The third kappa shape index (κ3) is 2.42. The first-order chi connectivity index (χ1) is 7.99. The standard InChI is InChI=1S/C13H12BrNOS/c1-7-3-4-9(15)5-10(7)13(16)11-6-12(14)17-8(11)2/h3-6H,15H2,1-2H3. The summed E-state index contributed by atoms with van der Waals surface area (Å²) < 4.78 is 0.972. The van der Waals surface area contributed by atoms with E-state index in [4.69, 9.17) is 5.73 Å². The maximum Gasteiger partial charge on any atom is 0.194 e. The lowest BCUT2D eigenvalue weighted by Gasteiger charge is -2.05. The Balaban J connectivity index is 2.50. The molecule has 0 aliphatic heterocycles. The predicted octanol–water partition coefficient (Wildman–Crippen LogP) is 3.94. The fraction of sp³-hybridized carbons (Fsp3) is 0.154. The van der Waals surface area contributed by atoms with Gasteiger partial charge in [0.25, 0.3) is 0 Å². The second-order valence-corrected chi connectivity index (χ2v) is 6.56. The summed E-state index contributed by atoms with van der Waals surface area (Å²) in [5.74, 6) is 0.0363. The van der Waals surface area contributed by atoms with E-state index in [1.807, 2.05) is 32.0 Å². The third-order valence-corrected chi connectivity index (χ3v) is 4.19. The molecule has 0 aliphatic carbocycles. The van der Waals surface area contributed by atoms with E-state index in [1.54, 1.807) is 17.4 Å². The van der Waals surface area contributed by atoms with Crippen molar-refractivity contribution in [2.24, 2.45) is 0 Å². The first kappa shape index (κ1) is 12.3. The first-order valence-corrected chi connectivity index (χ1v) is 6.76. The highest BCUT2D eigenvalue weighted by atomic mass is 79.9. The molecule has 17 heavy (non-hydrogen) atoms. The van der Waals surface area contributed by atoms with Gasteiger partial charge in [-0.15, -0.1) is 11.3 Å². The SMILES string of the molecule is Cc1ccc(N)cc1C(=O)c1cc(Br)sc1C. The Bertz CT molecular complexity index is 589. The van der Waals surface area contributed by atoms with E-state index in [-0.39, 0.29) is 5.78 Å². The average molecular weight is 310 g/mol. The van der Waals surface area contributed by atoms with Gasteiger partial charge in [0, 0.05) is 21.7 Å². The summed E-state index contributed by atoms with van der Waals surface area (Å²) in [5.41, 5.74) is 8.72. The van der Waals surface area contributed by atoms with Crippen molar-refractivity contribution < 1.29 is 4.79 Å². The van der Waals surface area contributed by atoms with Crippen molar-refractivity contribution in [3.05, 3.63) is 49.6 Å². The lowest BCUT2D eigenvalue weighted by atomic mass is 9.99. The largest absolute Gasteiger partial charge is 0.399 e. The molecule has 0 radical (unpaired) electrons. The summed E-state index contributed by atoms with van der Waals surface area (Å²) >= 11 is 4.97. The molecule has 0 bridgehead atoms. The number of nitrogens with two attached hydrogens (primary N) is 1. The number of benzene rings is 1.